The Morgan fingerprint density at radius 2 is 0.907 bits per heavy atom. The Hall–Kier alpha value is -1.89. The molecule has 0 heterocycles. The maximum atomic E-state index is 12.0. The van der Waals surface area contributed by atoms with Gasteiger partial charge in [-0.15, -0.1) is 0 Å². The molecule has 0 aromatic carbocycles. The summed E-state index contributed by atoms with van der Waals surface area (Å²) >= 11 is 0. The monoisotopic (exact) mass is 609 g/mol. The lowest BCUT2D eigenvalue weighted by atomic mass is 9.95. The van der Waals surface area contributed by atoms with Gasteiger partial charge in [-0.1, -0.05) is 110 Å². The Morgan fingerprint density at radius 1 is 0.558 bits per heavy atom. The van der Waals surface area contributed by atoms with Crippen LogP contribution in [0.1, 0.15) is 156 Å². The minimum Gasteiger partial charge on any atom is -0.550 e. The first kappa shape index (κ1) is 41.1. The summed E-state index contributed by atoms with van der Waals surface area (Å²) in [6, 6.07) is 0. The van der Waals surface area contributed by atoms with Crippen molar-refractivity contribution < 1.29 is 34.2 Å². The predicted molar refractivity (Wildman–Crippen MR) is 175 cm³/mol. The fraction of sp³-hybridized carbons (Fsp3) is 0.861. The van der Waals surface area contributed by atoms with Gasteiger partial charge in [0, 0.05) is 5.92 Å². The van der Waals surface area contributed by atoms with Crippen molar-refractivity contribution in [3.05, 3.63) is 12.2 Å². The Morgan fingerprint density at radius 3 is 1.26 bits per heavy atom. The molecule has 0 amide bonds. The molecule has 0 aliphatic carbocycles. The van der Waals surface area contributed by atoms with Gasteiger partial charge in [0.2, 0.25) is 0 Å². The van der Waals surface area contributed by atoms with Crippen LogP contribution in [0.3, 0.4) is 0 Å². The van der Waals surface area contributed by atoms with Crippen LogP contribution in [0.5, 0.6) is 0 Å². The molecular weight excluding hydrogens is 542 g/mol. The average molecular weight is 610 g/mol. The highest BCUT2D eigenvalue weighted by Gasteiger charge is 2.39. The van der Waals surface area contributed by atoms with Crippen LogP contribution >= 0.6 is 0 Å². The summed E-state index contributed by atoms with van der Waals surface area (Å²) in [6.45, 7) is 9.05. The summed E-state index contributed by atoms with van der Waals surface area (Å²) in [5.41, 5.74) is 0. The van der Waals surface area contributed by atoms with E-state index in [1.807, 2.05) is 13.8 Å². The van der Waals surface area contributed by atoms with E-state index in [9.17, 15) is 29.7 Å². The number of hydrogen-bond acceptors (Lipinski definition) is 4. The van der Waals surface area contributed by atoms with Crippen LogP contribution in [-0.4, -0.2) is 58.8 Å². The van der Waals surface area contributed by atoms with Crippen molar-refractivity contribution in [1.82, 2.24) is 0 Å². The molecule has 0 fully saturated rings. The summed E-state index contributed by atoms with van der Waals surface area (Å²) in [4.78, 5) is 35.8. The van der Waals surface area contributed by atoms with E-state index in [4.69, 9.17) is 0 Å². The molecule has 3 unspecified atom stereocenters. The number of quaternary nitrogens is 1. The van der Waals surface area contributed by atoms with Crippen LogP contribution in [0.25, 0.3) is 0 Å². The lowest BCUT2D eigenvalue weighted by Gasteiger charge is -2.44. The number of carbonyl (C=O) groups excluding carboxylic acids is 1. The largest absolute Gasteiger partial charge is 0.550 e. The molecule has 43 heavy (non-hydrogen) atoms. The number of carboxylic acids is 3. The first-order valence-corrected chi connectivity index (χ1v) is 17.8. The van der Waals surface area contributed by atoms with E-state index >= 15 is 0 Å². The van der Waals surface area contributed by atoms with Crippen molar-refractivity contribution in [3.8, 4) is 0 Å². The molecule has 252 valence electrons. The molecule has 0 aromatic heterocycles. The number of unbranched alkanes of at least 4 members (excludes halogenated alkanes) is 15. The molecule has 0 aromatic rings. The number of aliphatic carboxylic acids is 3. The lowest BCUT2D eigenvalue weighted by Crippen LogP contribution is -2.59. The molecule has 0 aliphatic heterocycles. The van der Waals surface area contributed by atoms with Crippen molar-refractivity contribution in [2.24, 2.45) is 17.8 Å². The standard InChI is InChI=1S/C36H67NO6/c1-5-9-10-11-12-13-14-15-16-17-18-19-20-21-22-23-24-25-26-27-37(28-31(6-2)34(38)39,29-32(7-3)35(40)41)30-33(8-4)36(42)43/h13-14,31-33H,5-12,15-30H2,1-4H3,(H2-,38,39,40,41,42,43)/b14-13+. The Bertz CT molecular complexity index is 692. The number of carbonyl (C=O) groups is 3. The summed E-state index contributed by atoms with van der Waals surface area (Å²) in [5.74, 6) is -4.94. The number of carboxylic acid groups (broad SMARTS) is 3. The SMILES string of the molecule is CCCCCC/C=C/CCCCCCCCCCCCC[N+](CC(CC)C(=O)[O-])(CC(CC)C(=O)O)CC(CC)C(=O)O. The van der Waals surface area contributed by atoms with Gasteiger partial charge in [0.25, 0.3) is 0 Å². The van der Waals surface area contributed by atoms with Crippen molar-refractivity contribution >= 4 is 17.9 Å². The molecule has 2 N–H and O–H groups in total. The average Bonchev–Trinajstić information content (AvgIpc) is 2.98. The highest BCUT2D eigenvalue weighted by molar-refractivity contribution is 5.70. The van der Waals surface area contributed by atoms with Gasteiger partial charge in [0.1, 0.15) is 11.8 Å². The Labute approximate surface area is 264 Å². The number of rotatable bonds is 31. The molecule has 0 radical (unpaired) electrons. The van der Waals surface area contributed by atoms with Crippen molar-refractivity contribution in [2.75, 3.05) is 26.2 Å². The van der Waals surface area contributed by atoms with Gasteiger partial charge in [0.15, 0.2) is 0 Å². The Balaban J connectivity index is 4.63. The molecule has 0 aliphatic rings. The van der Waals surface area contributed by atoms with Crippen molar-refractivity contribution in [3.63, 3.8) is 0 Å². The zero-order chi connectivity index (χ0) is 32.3. The number of nitrogens with zero attached hydrogens (tertiary/aromatic N) is 1. The van der Waals surface area contributed by atoms with Crippen LogP contribution < -0.4 is 5.11 Å². The van der Waals surface area contributed by atoms with Gasteiger partial charge < -0.3 is 24.6 Å². The molecule has 7 nitrogen and oxygen atoms in total. The van der Waals surface area contributed by atoms with Crippen LogP contribution in [0.2, 0.25) is 0 Å². The second kappa shape index (κ2) is 26.5. The maximum Gasteiger partial charge on any atom is 0.312 e. The smallest absolute Gasteiger partial charge is 0.312 e. The second-order valence-corrected chi connectivity index (χ2v) is 12.9. The molecule has 0 saturated carbocycles. The first-order chi connectivity index (χ1) is 20.7. The van der Waals surface area contributed by atoms with E-state index in [2.05, 4.69) is 19.1 Å². The molecule has 0 rings (SSSR count). The topological polar surface area (TPSA) is 115 Å². The highest BCUT2D eigenvalue weighted by Crippen LogP contribution is 2.25. The lowest BCUT2D eigenvalue weighted by molar-refractivity contribution is -0.935. The van der Waals surface area contributed by atoms with E-state index in [1.54, 1.807) is 6.92 Å². The summed E-state index contributed by atoms with van der Waals surface area (Å²) in [5, 5.41) is 31.5. The summed E-state index contributed by atoms with van der Waals surface area (Å²) in [6.07, 6.45) is 26.8. The zero-order valence-electron chi connectivity index (χ0n) is 28.3. The fourth-order valence-corrected chi connectivity index (χ4v) is 6.26. The van der Waals surface area contributed by atoms with Gasteiger partial charge in [-0.25, -0.2) is 0 Å². The minimum atomic E-state index is -1.14. The molecular formula is C36H67NO6. The van der Waals surface area contributed by atoms with E-state index in [0.717, 1.165) is 19.3 Å². The van der Waals surface area contributed by atoms with Gasteiger partial charge in [0.05, 0.1) is 32.1 Å². The van der Waals surface area contributed by atoms with Gasteiger partial charge in [-0.05, 0) is 57.8 Å². The van der Waals surface area contributed by atoms with Crippen LogP contribution in [0, 0.1) is 17.8 Å². The third-order valence-electron chi connectivity index (χ3n) is 9.23. The molecule has 3 atom stereocenters. The van der Waals surface area contributed by atoms with E-state index in [1.165, 1.54) is 89.9 Å². The molecule has 0 bridgehead atoms. The molecule has 7 heteroatoms. The number of allylic oxidation sites excluding steroid dienone is 2. The van der Waals surface area contributed by atoms with Crippen LogP contribution in [0.4, 0.5) is 0 Å². The van der Waals surface area contributed by atoms with Crippen LogP contribution in [-0.2, 0) is 14.4 Å². The summed E-state index contributed by atoms with van der Waals surface area (Å²) < 4.78 is 0.219. The maximum absolute atomic E-state index is 12.0. The first-order valence-electron chi connectivity index (χ1n) is 17.8. The van der Waals surface area contributed by atoms with E-state index < -0.39 is 35.7 Å². The van der Waals surface area contributed by atoms with Crippen molar-refractivity contribution in [1.29, 1.82) is 0 Å². The van der Waals surface area contributed by atoms with Gasteiger partial charge in [-0.3, -0.25) is 9.59 Å². The minimum absolute atomic E-state index is 0.219. The van der Waals surface area contributed by atoms with Crippen molar-refractivity contribution in [2.45, 2.75) is 156 Å². The van der Waals surface area contributed by atoms with Crippen LogP contribution in [0.15, 0.2) is 12.2 Å². The quantitative estimate of drug-likeness (QED) is 0.0467. The van der Waals surface area contributed by atoms with Gasteiger partial charge in [-0.2, -0.15) is 0 Å². The second-order valence-electron chi connectivity index (χ2n) is 12.9. The Kier molecular flexibility index (Phi) is 25.3. The van der Waals surface area contributed by atoms with E-state index in [0.29, 0.717) is 25.8 Å². The number of hydrogen-bond donors (Lipinski definition) is 2. The summed E-state index contributed by atoms with van der Waals surface area (Å²) in [7, 11) is 0. The predicted octanol–water partition coefficient (Wildman–Crippen LogP) is 8.01. The fourth-order valence-electron chi connectivity index (χ4n) is 6.26. The third-order valence-corrected chi connectivity index (χ3v) is 9.23. The van der Waals surface area contributed by atoms with Gasteiger partial charge >= 0.3 is 11.9 Å². The molecule has 0 spiro atoms. The van der Waals surface area contributed by atoms with E-state index in [-0.39, 0.29) is 24.1 Å². The highest BCUT2D eigenvalue weighted by atomic mass is 16.4. The third kappa shape index (κ3) is 20.7. The zero-order valence-corrected chi connectivity index (χ0v) is 28.3. The normalized spacial score (nSPS) is 15.3. The molecule has 0 saturated heterocycles.